The Morgan fingerprint density at radius 1 is 1.42 bits per heavy atom. The van der Waals surface area contributed by atoms with Gasteiger partial charge >= 0.3 is 0 Å². The molecule has 2 rings (SSSR count). The molecule has 2 aromatic rings. The summed E-state index contributed by atoms with van der Waals surface area (Å²) in [6.07, 6.45) is 0. The van der Waals surface area contributed by atoms with Crippen molar-refractivity contribution < 1.29 is 5.11 Å². The number of aryl methyl sites for hydroxylation is 3. The minimum Gasteiger partial charge on any atom is -0.394 e. The summed E-state index contributed by atoms with van der Waals surface area (Å²) in [5.74, 6) is 0.0464. The van der Waals surface area contributed by atoms with Gasteiger partial charge in [0, 0.05) is 17.1 Å². The zero-order chi connectivity index (χ0) is 14.0. The summed E-state index contributed by atoms with van der Waals surface area (Å²) in [4.78, 5) is 5.82. The molecule has 6 heteroatoms. The predicted molar refractivity (Wildman–Crippen MR) is 76.5 cm³/mol. The summed E-state index contributed by atoms with van der Waals surface area (Å²) in [6, 6.07) is 2.03. The Labute approximate surface area is 117 Å². The Morgan fingerprint density at radius 2 is 2.16 bits per heavy atom. The third-order valence-electron chi connectivity index (χ3n) is 3.18. The van der Waals surface area contributed by atoms with Crippen molar-refractivity contribution in [2.75, 3.05) is 13.2 Å². The van der Waals surface area contributed by atoms with E-state index in [1.54, 1.807) is 11.3 Å². The lowest BCUT2D eigenvalue weighted by molar-refractivity contribution is 0.266. The fraction of sp³-hybridized carbons (Fsp3) is 0.538. The predicted octanol–water partition coefficient (Wildman–Crippen LogP) is 1.35. The molecule has 0 aromatic carbocycles. The molecule has 0 amide bonds. The number of hydrogen-bond donors (Lipinski definition) is 2. The Kier molecular flexibility index (Phi) is 4.34. The lowest BCUT2D eigenvalue weighted by Gasteiger charge is -2.14. The van der Waals surface area contributed by atoms with Crippen molar-refractivity contribution >= 4 is 11.3 Å². The van der Waals surface area contributed by atoms with Crippen LogP contribution in [0.3, 0.4) is 0 Å². The first kappa shape index (κ1) is 14.2. The SMILES string of the molecule is Cc1cc(C(CN)c2nc(C)c(C)s2)n(CCO)n1. The van der Waals surface area contributed by atoms with Crippen LogP contribution in [0.4, 0.5) is 0 Å². The van der Waals surface area contributed by atoms with E-state index in [2.05, 4.69) is 17.0 Å². The molecule has 1 unspecified atom stereocenters. The molecule has 0 spiro atoms. The van der Waals surface area contributed by atoms with Gasteiger partial charge < -0.3 is 10.8 Å². The fourth-order valence-electron chi connectivity index (χ4n) is 2.11. The number of hydrogen-bond acceptors (Lipinski definition) is 5. The van der Waals surface area contributed by atoms with Gasteiger partial charge in [0.1, 0.15) is 5.01 Å². The van der Waals surface area contributed by atoms with Crippen LogP contribution in [-0.2, 0) is 6.54 Å². The maximum atomic E-state index is 9.12. The van der Waals surface area contributed by atoms with Crippen molar-refractivity contribution in [3.8, 4) is 0 Å². The van der Waals surface area contributed by atoms with Crippen LogP contribution in [0.15, 0.2) is 6.07 Å². The van der Waals surface area contributed by atoms with E-state index in [9.17, 15) is 0 Å². The number of nitrogens with two attached hydrogens (primary N) is 1. The van der Waals surface area contributed by atoms with Gasteiger partial charge in [-0.2, -0.15) is 5.10 Å². The number of aliphatic hydroxyl groups is 1. The molecule has 0 saturated carbocycles. The molecule has 0 aliphatic rings. The van der Waals surface area contributed by atoms with Crippen LogP contribution in [0.5, 0.6) is 0 Å². The molecular weight excluding hydrogens is 260 g/mol. The second kappa shape index (κ2) is 5.81. The Balaban J connectivity index is 2.41. The Morgan fingerprint density at radius 3 is 2.68 bits per heavy atom. The number of aromatic nitrogens is 3. The largest absolute Gasteiger partial charge is 0.394 e. The zero-order valence-electron chi connectivity index (χ0n) is 11.6. The van der Waals surface area contributed by atoms with E-state index in [1.165, 1.54) is 4.88 Å². The molecule has 1 atom stereocenters. The minimum atomic E-state index is 0.0464. The van der Waals surface area contributed by atoms with Crippen molar-refractivity contribution in [3.05, 3.63) is 33.0 Å². The summed E-state index contributed by atoms with van der Waals surface area (Å²) in [6.45, 7) is 7.08. The third-order valence-corrected chi connectivity index (χ3v) is 4.37. The maximum absolute atomic E-state index is 9.12. The van der Waals surface area contributed by atoms with Crippen LogP contribution < -0.4 is 5.73 Å². The monoisotopic (exact) mass is 280 g/mol. The van der Waals surface area contributed by atoms with Gasteiger partial charge in [0.2, 0.25) is 0 Å². The van der Waals surface area contributed by atoms with Gasteiger partial charge in [-0.3, -0.25) is 4.68 Å². The average molecular weight is 280 g/mol. The van der Waals surface area contributed by atoms with Gasteiger partial charge in [0.15, 0.2) is 0 Å². The highest BCUT2D eigenvalue weighted by molar-refractivity contribution is 7.11. The van der Waals surface area contributed by atoms with Gasteiger partial charge in [-0.1, -0.05) is 0 Å². The van der Waals surface area contributed by atoms with Gasteiger partial charge in [-0.25, -0.2) is 4.98 Å². The summed E-state index contributed by atoms with van der Waals surface area (Å²) < 4.78 is 1.83. The molecule has 0 radical (unpaired) electrons. The van der Waals surface area contributed by atoms with Crippen LogP contribution in [0.1, 0.15) is 32.9 Å². The number of nitrogens with zero attached hydrogens (tertiary/aromatic N) is 3. The highest BCUT2D eigenvalue weighted by atomic mass is 32.1. The van der Waals surface area contributed by atoms with Crippen LogP contribution in [-0.4, -0.2) is 33.0 Å². The first-order chi connectivity index (χ1) is 9.06. The lowest BCUT2D eigenvalue weighted by Crippen LogP contribution is -2.19. The van der Waals surface area contributed by atoms with E-state index < -0.39 is 0 Å². The van der Waals surface area contributed by atoms with Crippen molar-refractivity contribution in [2.45, 2.75) is 33.2 Å². The summed E-state index contributed by atoms with van der Waals surface area (Å²) in [5, 5.41) is 14.5. The lowest BCUT2D eigenvalue weighted by atomic mass is 10.1. The number of aliphatic hydroxyl groups excluding tert-OH is 1. The number of rotatable bonds is 5. The summed E-state index contributed by atoms with van der Waals surface area (Å²) >= 11 is 1.68. The number of thiazole rings is 1. The van der Waals surface area contributed by atoms with E-state index in [4.69, 9.17) is 10.8 Å². The Hall–Kier alpha value is -1.24. The molecule has 5 nitrogen and oxygen atoms in total. The topological polar surface area (TPSA) is 77.0 Å². The summed E-state index contributed by atoms with van der Waals surface area (Å²) in [7, 11) is 0. The maximum Gasteiger partial charge on any atom is 0.103 e. The summed E-state index contributed by atoms with van der Waals surface area (Å²) in [5.41, 5.74) is 8.96. The molecule has 0 aliphatic heterocycles. The standard InChI is InChI=1S/C13H20N4OS/c1-8-6-12(17(16-8)4-5-18)11(7-14)13-15-9(2)10(3)19-13/h6,11,18H,4-5,7,14H2,1-3H3. The average Bonchev–Trinajstić information content (AvgIpc) is 2.86. The van der Waals surface area contributed by atoms with Crippen LogP contribution >= 0.6 is 11.3 Å². The quantitative estimate of drug-likeness (QED) is 0.866. The van der Waals surface area contributed by atoms with Gasteiger partial charge in [-0.15, -0.1) is 11.3 Å². The normalized spacial score (nSPS) is 12.9. The Bertz CT molecular complexity index is 541. The van der Waals surface area contributed by atoms with Gasteiger partial charge in [0.05, 0.1) is 30.5 Å². The molecule has 0 aliphatic carbocycles. The molecule has 2 aromatic heterocycles. The first-order valence-corrected chi connectivity index (χ1v) is 7.17. The molecule has 2 heterocycles. The van der Waals surface area contributed by atoms with E-state index >= 15 is 0 Å². The third kappa shape index (κ3) is 2.86. The molecular formula is C13H20N4OS. The van der Waals surface area contributed by atoms with Gasteiger partial charge in [-0.05, 0) is 26.8 Å². The van der Waals surface area contributed by atoms with Crippen LogP contribution in [0.25, 0.3) is 0 Å². The zero-order valence-corrected chi connectivity index (χ0v) is 12.4. The molecule has 0 saturated heterocycles. The van der Waals surface area contributed by atoms with Crippen molar-refractivity contribution in [1.29, 1.82) is 0 Å². The minimum absolute atomic E-state index is 0.0464. The molecule has 104 valence electrons. The van der Waals surface area contributed by atoms with Gasteiger partial charge in [0.25, 0.3) is 0 Å². The molecule has 0 bridgehead atoms. The highest BCUT2D eigenvalue weighted by Crippen LogP contribution is 2.29. The second-order valence-corrected chi connectivity index (χ2v) is 5.87. The van der Waals surface area contributed by atoms with Crippen LogP contribution in [0, 0.1) is 20.8 Å². The van der Waals surface area contributed by atoms with E-state index in [0.29, 0.717) is 13.1 Å². The molecule has 3 N–H and O–H groups in total. The van der Waals surface area contributed by atoms with E-state index in [-0.39, 0.29) is 12.5 Å². The highest BCUT2D eigenvalue weighted by Gasteiger charge is 2.21. The van der Waals surface area contributed by atoms with Crippen molar-refractivity contribution in [3.63, 3.8) is 0 Å². The fourth-order valence-corrected chi connectivity index (χ4v) is 3.16. The van der Waals surface area contributed by atoms with E-state index in [1.807, 2.05) is 24.6 Å². The second-order valence-electron chi connectivity index (χ2n) is 4.64. The first-order valence-electron chi connectivity index (χ1n) is 6.36. The van der Waals surface area contributed by atoms with E-state index in [0.717, 1.165) is 22.1 Å². The molecule has 19 heavy (non-hydrogen) atoms. The van der Waals surface area contributed by atoms with Crippen molar-refractivity contribution in [2.24, 2.45) is 5.73 Å². The molecule has 0 fully saturated rings. The van der Waals surface area contributed by atoms with Crippen molar-refractivity contribution in [1.82, 2.24) is 14.8 Å². The van der Waals surface area contributed by atoms with Crippen LogP contribution in [0.2, 0.25) is 0 Å². The smallest absolute Gasteiger partial charge is 0.103 e.